The Morgan fingerprint density at radius 3 is 2.69 bits per heavy atom. The highest BCUT2D eigenvalue weighted by Gasteiger charge is 2.13. The molecule has 0 fully saturated rings. The van der Waals surface area contributed by atoms with Crippen LogP contribution < -0.4 is 5.32 Å². The van der Waals surface area contributed by atoms with Gasteiger partial charge in [0.25, 0.3) is 0 Å². The van der Waals surface area contributed by atoms with Crippen molar-refractivity contribution in [3.63, 3.8) is 0 Å². The van der Waals surface area contributed by atoms with Gasteiger partial charge in [-0.2, -0.15) is 5.26 Å². The number of benzene rings is 1. The molecule has 1 atom stereocenters. The average Bonchev–Trinajstić information content (AvgIpc) is 2.21. The topological polar surface area (TPSA) is 35.8 Å². The third-order valence-corrected chi connectivity index (χ3v) is 2.82. The Labute approximate surface area is 104 Å². The minimum Gasteiger partial charge on any atom is -0.298 e. The molecule has 0 saturated heterocycles. The molecule has 2 nitrogen and oxygen atoms in total. The molecule has 86 valence electrons. The van der Waals surface area contributed by atoms with Crippen LogP contribution in [0.1, 0.15) is 25.5 Å². The van der Waals surface area contributed by atoms with E-state index in [0.29, 0.717) is 10.4 Å². The summed E-state index contributed by atoms with van der Waals surface area (Å²) in [5, 5.41) is 12.2. The van der Waals surface area contributed by atoms with Crippen LogP contribution in [0.25, 0.3) is 0 Å². The fraction of sp³-hybridized carbons (Fsp3) is 0.417. The molecule has 4 heteroatoms. The van der Waals surface area contributed by atoms with Crippen molar-refractivity contribution in [3.8, 4) is 6.07 Å². The van der Waals surface area contributed by atoms with E-state index in [2.05, 4.69) is 41.2 Å². The zero-order valence-electron chi connectivity index (χ0n) is 9.30. The molecule has 0 heterocycles. The lowest BCUT2D eigenvalue weighted by Gasteiger charge is -2.15. The molecule has 0 saturated carbocycles. The zero-order chi connectivity index (χ0) is 12.1. The van der Waals surface area contributed by atoms with Gasteiger partial charge in [0.1, 0.15) is 11.9 Å². The smallest absolute Gasteiger partial charge is 0.124 e. The highest BCUT2D eigenvalue weighted by Crippen LogP contribution is 2.24. The molecule has 1 unspecified atom stereocenters. The lowest BCUT2D eigenvalue weighted by atomic mass is 10.1. The second-order valence-electron chi connectivity index (χ2n) is 4.03. The molecule has 0 radical (unpaired) electrons. The highest BCUT2D eigenvalue weighted by atomic mass is 79.9. The van der Waals surface area contributed by atoms with Gasteiger partial charge in [0, 0.05) is 4.47 Å². The molecule has 1 N–H and O–H groups in total. The maximum atomic E-state index is 12.9. The van der Waals surface area contributed by atoms with Gasteiger partial charge in [-0.15, -0.1) is 0 Å². The maximum Gasteiger partial charge on any atom is 0.124 e. The van der Waals surface area contributed by atoms with E-state index < -0.39 is 6.04 Å². The summed E-state index contributed by atoms with van der Waals surface area (Å²) in [7, 11) is 0. The monoisotopic (exact) mass is 284 g/mol. The molecule has 1 aromatic carbocycles. The zero-order valence-corrected chi connectivity index (χ0v) is 10.9. The van der Waals surface area contributed by atoms with Gasteiger partial charge < -0.3 is 0 Å². The number of nitriles is 1. The predicted molar refractivity (Wildman–Crippen MR) is 65.3 cm³/mol. The van der Waals surface area contributed by atoms with E-state index in [1.165, 1.54) is 12.1 Å². The van der Waals surface area contributed by atoms with Crippen molar-refractivity contribution in [2.24, 2.45) is 5.92 Å². The van der Waals surface area contributed by atoms with Gasteiger partial charge in [-0.1, -0.05) is 35.8 Å². The first-order valence-electron chi connectivity index (χ1n) is 5.12. The van der Waals surface area contributed by atoms with Crippen molar-refractivity contribution >= 4 is 15.9 Å². The van der Waals surface area contributed by atoms with Crippen LogP contribution in [-0.2, 0) is 0 Å². The summed E-state index contributed by atoms with van der Waals surface area (Å²) in [6.07, 6.45) is 0. The van der Waals surface area contributed by atoms with Crippen molar-refractivity contribution in [1.82, 2.24) is 5.32 Å². The van der Waals surface area contributed by atoms with Crippen LogP contribution in [-0.4, -0.2) is 6.54 Å². The van der Waals surface area contributed by atoms with Gasteiger partial charge in [0.05, 0.1) is 6.07 Å². The second-order valence-corrected chi connectivity index (χ2v) is 4.88. The molecule has 0 bridgehead atoms. The fourth-order valence-electron chi connectivity index (χ4n) is 1.31. The summed E-state index contributed by atoms with van der Waals surface area (Å²) < 4.78 is 13.5. The highest BCUT2D eigenvalue weighted by molar-refractivity contribution is 9.10. The number of hydrogen-bond donors (Lipinski definition) is 1. The molecule has 0 amide bonds. The first kappa shape index (κ1) is 13.1. The number of rotatable bonds is 4. The summed E-state index contributed by atoms with van der Waals surface area (Å²) in [5.74, 6) is 0.159. The van der Waals surface area contributed by atoms with Crippen LogP contribution >= 0.6 is 15.9 Å². The van der Waals surface area contributed by atoms with Crippen LogP contribution in [0, 0.1) is 23.1 Å². The first-order valence-corrected chi connectivity index (χ1v) is 5.92. The lowest BCUT2D eigenvalue weighted by molar-refractivity contribution is 0.523. The molecule has 0 aliphatic rings. The third-order valence-electron chi connectivity index (χ3n) is 2.13. The summed E-state index contributed by atoms with van der Waals surface area (Å²) in [6.45, 7) is 4.89. The van der Waals surface area contributed by atoms with Crippen molar-refractivity contribution in [1.29, 1.82) is 5.26 Å². The minimum atomic E-state index is -0.405. The second kappa shape index (κ2) is 5.97. The molecule has 1 rings (SSSR count). The summed E-state index contributed by atoms with van der Waals surface area (Å²) in [4.78, 5) is 0. The Hall–Kier alpha value is -0.920. The first-order chi connectivity index (χ1) is 7.54. The molecule has 0 aromatic heterocycles. The van der Waals surface area contributed by atoms with E-state index in [4.69, 9.17) is 5.26 Å². The van der Waals surface area contributed by atoms with Crippen molar-refractivity contribution < 1.29 is 4.39 Å². The third kappa shape index (κ3) is 3.58. The van der Waals surface area contributed by atoms with Crippen molar-refractivity contribution in [2.75, 3.05) is 6.54 Å². The Morgan fingerprint density at radius 1 is 1.50 bits per heavy atom. The van der Waals surface area contributed by atoms with Crippen LogP contribution in [0.4, 0.5) is 4.39 Å². The molecular formula is C12H14BrFN2. The number of hydrogen-bond acceptors (Lipinski definition) is 2. The molecule has 0 aliphatic heterocycles. The van der Waals surface area contributed by atoms with Gasteiger partial charge in [-0.3, -0.25) is 5.32 Å². The molecule has 0 aliphatic carbocycles. The Morgan fingerprint density at radius 2 is 2.19 bits per heavy atom. The molecular weight excluding hydrogens is 271 g/mol. The SMILES string of the molecule is CC(C)CNC(C#N)c1ccc(F)cc1Br. The number of nitrogens with one attached hydrogen (secondary N) is 1. The van der Waals surface area contributed by atoms with Crippen molar-refractivity contribution in [3.05, 3.63) is 34.1 Å². The molecule has 16 heavy (non-hydrogen) atoms. The van der Waals surface area contributed by atoms with Gasteiger partial charge in [-0.25, -0.2) is 4.39 Å². The van der Waals surface area contributed by atoms with Gasteiger partial charge in [-0.05, 0) is 30.2 Å². The normalized spacial score (nSPS) is 12.5. The van der Waals surface area contributed by atoms with E-state index in [-0.39, 0.29) is 5.82 Å². The van der Waals surface area contributed by atoms with Crippen LogP contribution in [0.15, 0.2) is 22.7 Å². The van der Waals surface area contributed by atoms with E-state index in [1.54, 1.807) is 6.07 Å². The molecule has 0 spiro atoms. The Balaban J connectivity index is 2.84. The average molecular weight is 285 g/mol. The maximum absolute atomic E-state index is 12.9. The Kier molecular flexibility index (Phi) is 4.91. The van der Waals surface area contributed by atoms with Gasteiger partial charge in [0.2, 0.25) is 0 Å². The minimum absolute atomic E-state index is 0.309. The quantitative estimate of drug-likeness (QED) is 0.920. The van der Waals surface area contributed by atoms with Gasteiger partial charge in [0.15, 0.2) is 0 Å². The summed E-state index contributed by atoms with van der Waals surface area (Å²) >= 11 is 3.26. The lowest BCUT2D eigenvalue weighted by Crippen LogP contribution is -2.24. The standard InChI is InChI=1S/C12H14BrFN2/c1-8(2)7-16-12(6-15)10-4-3-9(14)5-11(10)13/h3-5,8,12,16H,7H2,1-2H3. The Bertz CT molecular complexity index is 398. The number of nitrogens with zero attached hydrogens (tertiary/aromatic N) is 1. The number of halogens is 2. The fourth-order valence-corrected chi connectivity index (χ4v) is 1.89. The van der Waals surface area contributed by atoms with Crippen LogP contribution in [0.5, 0.6) is 0 Å². The summed E-state index contributed by atoms with van der Waals surface area (Å²) in [5.41, 5.74) is 0.768. The predicted octanol–water partition coefficient (Wildman–Crippen LogP) is 3.40. The van der Waals surface area contributed by atoms with Gasteiger partial charge >= 0.3 is 0 Å². The van der Waals surface area contributed by atoms with Crippen LogP contribution in [0.2, 0.25) is 0 Å². The van der Waals surface area contributed by atoms with E-state index in [0.717, 1.165) is 12.1 Å². The van der Waals surface area contributed by atoms with E-state index in [1.807, 2.05) is 0 Å². The summed E-state index contributed by atoms with van der Waals surface area (Å²) in [6, 6.07) is 6.13. The van der Waals surface area contributed by atoms with Crippen molar-refractivity contribution in [2.45, 2.75) is 19.9 Å². The largest absolute Gasteiger partial charge is 0.298 e. The van der Waals surface area contributed by atoms with E-state index >= 15 is 0 Å². The van der Waals surface area contributed by atoms with E-state index in [9.17, 15) is 4.39 Å². The van der Waals surface area contributed by atoms with Crippen LogP contribution in [0.3, 0.4) is 0 Å². The molecule has 1 aromatic rings.